The van der Waals surface area contributed by atoms with Crippen LogP contribution in [0.25, 0.3) is 0 Å². The van der Waals surface area contributed by atoms with E-state index in [1.54, 1.807) is 0 Å². The fraction of sp³-hybridized carbons (Fsp3) is 0.947. The third kappa shape index (κ3) is 5.46. The molecule has 2 bridgehead atoms. The van der Waals surface area contributed by atoms with Gasteiger partial charge in [0.2, 0.25) is 5.91 Å². The van der Waals surface area contributed by atoms with Gasteiger partial charge >= 0.3 is 0 Å². The minimum absolute atomic E-state index is 0.281. The Hall–Kier alpha value is -0.610. The Morgan fingerprint density at radius 1 is 1.09 bits per heavy atom. The predicted molar refractivity (Wildman–Crippen MR) is 94.4 cm³/mol. The molecule has 3 aliphatic heterocycles. The quantitative estimate of drug-likeness (QED) is 0.708. The lowest BCUT2D eigenvalue weighted by molar-refractivity contribution is -0.122. The zero-order valence-electron chi connectivity index (χ0n) is 14.9. The Bertz CT molecular complexity index is 367. The second kappa shape index (κ2) is 8.48. The van der Waals surface area contributed by atoms with Gasteiger partial charge in [-0.3, -0.25) is 4.79 Å². The fourth-order valence-electron chi connectivity index (χ4n) is 4.65. The first kappa shape index (κ1) is 17.2. The molecule has 0 aromatic carbocycles. The molecular formula is C19H35N3O. The van der Waals surface area contributed by atoms with Crippen LogP contribution in [0.15, 0.2) is 0 Å². The molecule has 3 rings (SSSR count). The smallest absolute Gasteiger partial charge is 0.220 e. The van der Waals surface area contributed by atoms with E-state index in [1.807, 2.05) is 0 Å². The van der Waals surface area contributed by atoms with Crippen LogP contribution in [0.2, 0.25) is 0 Å². The van der Waals surface area contributed by atoms with E-state index in [-0.39, 0.29) is 5.91 Å². The summed E-state index contributed by atoms with van der Waals surface area (Å²) in [5.41, 5.74) is 0. The second-order valence-corrected chi connectivity index (χ2v) is 8.26. The number of amides is 1. The van der Waals surface area contributed by atoms with Gasteiger partial charge in [-0.15, -0.1) is 0 Å². The highest BCUT2D eigenvalue weighted by Gasteiger charge is 2.34. The first-order valence-corrected chi connectivity index (χ1v) is 9.94. The number of unbranched alkanes of at least 4 members (excludes halogenated alkanes) is 1. The average Bonchev–Trinajstić information content (AvgIpc) is 2.87. The van der Waals surface area contributed by atoms with Gasteiger partial charge in [-0.2, -0.15) is 0 Å². The Morgan fingerprint density at radius 3 is 2.48 bits per heavy atom. The molecule has 3 saturated heterocycles. The van der Waals surface area contributed by atoms with Crippen LogP contribution in [-0.2, 0) is 4.79 Å². The molecule has 0 spiro atoms. The molecule has 1 amide bonds. The summed E-state index contributed by atoms with van der Waals surface area (Å²) in [6.45, 7) is 6.97. The molecule has 0 aromatic heterocycles. The maximum absolute atomic E-state index is 12.1. The van der Waals surface area contributed by atoms with Crippen molar-refractivity contribution in [3.05, 3.63) is 0 Å². The third-order valence-electron chi connectivity index (χ3n) is 6.14. The first-order valence-electron chi connectivity index (χ1n) is 9.94. The molecule has 3 heterocycles. The second-order valence-electron chi connectivity index (χ2n) is 8.26. The van der Waals surface area contributed by atoms with Crippen LogP contribution in [0, 0.1) is 11.8 Å². The lowest BCUT2D eigenvalue weighted by Crippen LogP contribution is -2.39. The van der Waals surface area contributed by atoms with Gasteiger partial charge in [0.25, 0.3) is 0 Å². The van der Waals surface area contributed by atoms with Crippen molar-refractivity contribution >= 4 is 5.91 Å². The van der Waals surface area contributed by atoms with Gasteiger partial charge in [0, 0.05) is 25.0 Å². The van der Waals surface area contributed by atoms with E-state index in [0.717, 1.165) is 25.3 Å². The van der Waals surface area contributed by atoms with Crippen molar-refractivity contribution in [1.29, 1.82) is 0 Å². The summed E-state index contributed by atoms with van der Waals surface area (Å²) in [6.07, 6.45) is 10.8. The van der Waals surface area contributed by atoms with Crippen molar-refractivity contribution in [1.82, 2.24) is 15.5 Å². The summed E-state index contributed by atoms with van der Waals surface area (Å²) in [5.74, 6) is 1.81. The highest BCUT2D eigenvalue weighted by molar-refractivity contribution is 5.76. The van der Waals surface area contributed by atoms with Crippen molar-refractivity contribution < 1.29 is 4.79 Å². The number of fused-ring (bicyclic) bond motifs is 2. The highest BCUT2D eigenvalue weighted by Crippen LogP contribution is 2.32. The highest BCUT2D eigenvalue weighted by atomic mass is 16.1. The Morgan fingerprint density at radius 2 is 1.78 bits per heavy atom. The molecule has 2 unspecified atom stereocenters. The molecule has 3 aliphatic rings. The fourth-order valence-corrected chi connectivity index (χ4v) is 4.65. The molecule has 4 nitrogen and oxygen atoms in total. The van der Waals surface area contributed by atoms with Gasteiger partial charge < -0.3 is 15.5 Å². The Labute approximate surface area is 141 Å². The van der Waals surface area contributed by atoms with Crippen LogP contribution in [-0.4, -0.2) is 49.1 Å². The van der Waals surface area contributed by atoms with Crippen molar-refractivity contribution in [2.75, 3.05) is 26.2 Å². The number of likely N-dealkylation sites (tertiary alicyclic amines) is 1. The zero-order valence-corrected chi connectivity index (χ0v) is 14.9. The molecule has 23 heavy (non-hydrogen) atoms. The molecular weight excluding hydrogens is 286 g/mol. The zero-order chi connectivity index (χ0) is 16.1. The van der Waals surface area contributed by atoms with Gasteiger partial charge in [-0.1, -0.05) is 6.92 Å². The lowest BCUT2D eigenvalue weighted by Gasteiger charge is -2.30. The lowest BCUT2D eigenvalue weighted by atomic mass is 9.89. The van der Waals surface area contributed by atoms with Gasteiger partial charge in [0.15, 0.2) is 0 Å². The summed E-state index contributed by atoms with van der Waals surface area (Å²) in [4.78, 5) is 14.7. The molecule has 3 fully saturated rings. The summed E-state index contributed by atoms with van der Waals surface area (Å²) in [6, 6.07) is 1.39. The van der Waals surface area contributed by atoms with Crippen LogP contribution in [0.3, 0.4) is 0 Å². The predicted octanol–water partition coefficient (Wildman–Crippen LogP) is 2.54. The molecule has 4 heteroatoms. The Kier molecular flexibility index (Phi) is 6.35. The minimum atomic E-state index is 0.281. The summed E-state index contributed by atoms with van der Waals surface area (Å²) < 4.78 is 0. The number of nitrogens with zero attached hydrogens (tertiary/aromatic N) is 1. The molecule has 132 valence electrons. The summed E-state index contributed by atoms with van der Waals surface area (Å²) in [5, 5.41) is 6.80. The number of nitrogens with one attached hydrogen (secondary N) is 2. The van der Waals surface area contributed by atoms with E-state index in [2.05, 4.69) is 22.5 Å². The standard InChI is InChI=1S/C19H35N3O/c1-15-6-10-22(11-7-15)9-3-2-8-20-19(23)14-16-12-17-4-5-18(13-16)21-17/h15-18,21H,2-14H2,1H3,(H,20,23). The van der Waals surface area contributed by atoms with Gasteiger partial charge in [-0.05, 0) is 82.8 Å². The molecule has 0 aromatic rings. The largest absolute Gasteiger partial charge is 0.356 e. The molecule has 2 N–H and O–H groups in total. The van der Waals surface area contributed by atoms with Crippen molar-refractivity contribution in [3.8, 4) is 0 Å². The number of carbonyl (C=O) groups is 1. The van der Waals surface area contributed by atoms with Crippen molar-refractivity contribution in [3.63, 3.8) is 0 Å². The van der Waals surface area contributed by atoms with Gasteiger partial charge in [-0.25, -0.2) is 0 Å². The maximum Gasteiger partial charge on any atom is 0.220 e. The van der Waals surface area contributed by atoms with Crippen molar-refractivity contribution in [2.45, 2.75) is 76.8 Å². The number of hydrogen-bond donors (Lipinski definition) is 2. The van der Waals surface area contributed by atoms with Crippen LogP contribution in [0.4, 0.5) is 0 Å². The first-order chi connectivity index (χ1) is 11.2. The molecule has 0 saturated carbocycles. The monoisotopic (exact) mass is 321 g/mol. The van der Waals surface area contributed by atoms with E-state index in [9.17, 15) is 4.79 Å². The van der Waals surface area contributed by atoms with E-state index < -0.39 is 0 Å². The van der Waals surface area contributed by atoms with Gasteiger partial charge in [0.05, 0.1) is 0 Å². The van der Waals surface area contributed by atoms with Crippen LogP contribution >= 0.6 is 0 Å². The van der Waals surface area contributed by atoms with Gasteiger partial charge in [0.1, 0.15) is 0 Å². The number of rotatable bonds is 7. The molecule has 0 radical (unpaired) electrons. The Balaban J connectivity index is 1.21. The normalized spacial score (nSPS) is 32.1. The maximum atomic E-state index is 12.1. The van der Waals surface area contributed by atoms with Crippen LogP contribution < -0.4 is 10.6 Å². The summed E-state index contributed by atoms with van der Waals surface area (Å²) >= 11 is 0. The summed E-state index contributed by atoms with van der Waals surface area (Å²) in [7, 11) is 0. The van der Waals surface area contributed by atoms with Crippen LogP contribution in [0.1, 0.15) is 64.7 Å². The van der Waals surface area contributed by atoms with E-state index in [0.29, 0.717) is 18.0 Å². The molecule has 2 atom stereocenters. The minimum Gasteiger partial charge on any atom is -0.356 e. The van der Waals surface area contributed by atoms with Crippen molar-refractivity contribution in [2.24, 2.45) is 11.8 Å². The van der Waals surface area contributed by atoms with Crippen LogP contribution in [0.5, 0.6) is 0 Å². The molecule has 0 aliphatic carbocycles. The SMILES string of the molecule is CC1CCN(CCCCNC(=O)CC2CC3CCC(C2)N3)CC1. The van der Waals surface area contributed by atoms with E-state index >= 15 is 0 Å². The topological polar surface area (TPSA) is 44.4 Å². The third-order valence-corrected chi connectivity index (χ3v) is 6.14. The van der Waals surface area contributed by atoms with E-state index in [4.69, 9.17) is 0 Å². The van der Waals surface area contributed by atoms with E-state index in [1.165, 1.54) is 64.6 Å². The average molecular weight is 322 g/mol. The number of carbonyl (C=O) groups excluding carboxylic acids is 1. The number of piperidine rings is 2. The number of hydrogen-bond acceptors (Lipinski definition) is 3.